The first-order chi connectivity index (χ1) is 9.20. The second-order valence-corrected chi connectivity index (χ2v) is 4.12. The highest BCUT2D eigenvalue weighted by atomic mass is 19.1. The fourth-order valence-corrected chi connectivity index (χ4v) is 2.15. The maximum Gasteiger partial charge on any atom is 0.359 e. The molecule has 0 fully saturated rings. The van der Waals surface area contributed by atoms with Crippen molar-refractivity contribution in [2.45, 2.75) is 6.92 Å². The highest BCUT2D eigenvalue weighted by Gasteiger charge is 2.16. The van der Waals surface area contributed by atoms with Gasteiger partial charge in [-0.15, -0.1) is 0 Å². The van der Waals surface area contributed by atoms with E-state index in [4.69, 9.17) is 4.74 Å². The number of aromatic amines is 1. The summed E-state index contributed by atoms with van der Waals surface area (Å²) in [7, 11) is 0. The van der Waals surface area contributed by atoms with Gasteiger partial charge in [0.25, 0.3) is 0 Å². The summed E-state index contributed by atoms with van der Waals surface area (Å²) in [6, 6.07) is 6.19. The van der Waals surface area contributed by atoms with E-state index in [1.54, 1.807) is 19.1 Å². The monoisotopic (exact) mass is 258 g/mol. The quantitative estimate of drug-likeness (QED) is 0.719. The number of benzene rings is 1. The van der Waals surface area contributed by atoms with Crippen LogP contribution in [0.4, 0.5) is 4.39 Å². The fourth-order valence-electron chi connectivity index (χ4n) is 2.15. The summed E-state index contributed by atoms with van der Waals surface area (Å²) in [6.07, 6.45) is 1.52. The van der Waals surface area contributed by atoms with Crippen LogP contribution in [-0.4, -0.2) is 22.5 Å². The first-order valence-corrected chi connectivity index (χ1v) is 5.93. The second-order valence-electron chi connectivity index (χ2n) is 4.12. The van der Waals surface area contributed by atoms with E-state index in [1.165, 1.54) is 18.3 Å². The SMILES string of the molecule is CCOC(=O)c1nccc2c1[nH]c1ccc(F)cc12. The number of pyridine rings is 1. The zero-order chi connectivity index (χ0) is 13.4. The summed E-state index contributed by atoms with van der Waals surface area (Å²) in [4.78, 5) is 19.0. The average molecular weight is 258 g/mol. The van der Waals surface area contributed by atoms with Crippen molar-refractivity contribution in [2.24, 2.45) is 0 Å². The Morgan fingerprint density at radius 2 is 2.21 bits per heavy atom. The van der Waals surface area contributed by atoms with E-state index in [2.05, 4.69) is 9.97 Å². The minimum absolute atomic E-state index is 0.218. The van der Waals surface area contributed by atoms with Gasteiger partial charge in [-0.25, -0.2) is 14.2 Å². The summed E-state index contributed by atoms with van der Waals surface area (Å²) in [5, 5.41) is 1.48. The summed E-state index contributed by atoms with van der Waals surface area (Å²) in [6.45, 7) is 2.02. The van der Waals surface area contributed by atoms with Crippen molar-refractivity contribution in [1.29, 1.82) is 0 Å². The number of fused-ring (bicyclic) bond motifs is 3. The molecular formula is C14H11FN2O2. The number of nitrogens with one attached hydrogen (secondary N) is 1. The number of hydrogen-bond donors (Lipinski definition) is 1. The van der Waals surface area contributed by atoms with Crippen LogP contribution in [0.3, 0.4) is 0 Å². The summed E-state index contributed by atoms with van der Waals surface area (Å²) < 4.78 is 18.3. The summed E-state index contributed by atoms with van der Waals surface area (Å²) in [5.74, 6) is -0.803. The molecule has 19 heavy (non-hydrogen) atoms. The van der Waals surface area contributed by atoms with Gasteiger partial charge in [0.15, 0.2) is 5.69 Å². The van der Waals surface area contributed by atoms with Gasteiger partial charge in [-0.1, -0.05) is 0 Å². The number of aromatic nitrogens is 2. The Balaban J connectivity index is 2.31. The van der Waals surface area contributed by atoms with Crippen LogP contribution in [0.1, 0.15) is 17.4 Å². The molecule has 2 heterocycles. The van der Waals surface area contributed by atoms with Crippen LogP contribution in [0.5, 0.6) is 0 Å². The van der Waals surface area contributed by atoms with Gasteiger partial charge in [-0.05, 0) is 31.2 Å². The van der Waals surface area contributed by atoms with Crippen LogP contribution in [0, 0.1) is 5.82 Å². The zero-order valence-corrected chi connectivity index (χ0v) is 10.2. The Labute approximate surface area is 108 Å². The van der Waals surface area contributed by atoms with Crippen molar-refractivity contribution in [3.8, 4) is 0 Å². The third-order valence-corrected chi connectivity index (χ3v) is 2.95. The Bertz CT molecular complexity index is 780. The maximum atomic E-state index is 13.3. The van der Waals surface area contributed by atoms with Crippen molar-refractivity contribution < 1.29 is 13.9 Å². The van der Waals surface area contributed by atoms with E-state index >= 15 is 0 Å². The van der Waals surface area contributed by atoms with E-state index in [0.29, 0.717) is 5.52 Å². The molecule has 0 spiro atoms. The second kappa shape index (κ2) is 4.35. The van der Waals surface area contributed by atoms with Crippen LogP contribution in [-0.2, 0) is 4.74 Å². The third kappa shape index (κ3) is 1.83. The molecule has 0 atom stereocenters. The fraction of sp³-hybridized carbons (Fsp3) is 0.143. The number of ether oxygens (including phenoxy) is 1. The van der Waals surface area contributed by atoms with Crippen molar-refractivity contribution >= 4 is 27.8 Å². The van der Waals surface area contributed by atoms with E-state index < -0.39 is 5.97 Å². The van der Waals surface area contributed by atoms with E-state index in [9.17, 15) is 9.18 Å². The first-order valence-electron chi connectivity index (χ1n) is 5.93. The largest absolute Gasteiger partial charge is 0.461 e. The Kier molecular flexibility index (Phi) is 2.67. The topological polar surface area (TPSA) is 55.0 Å². The van der Waals surface area contributed by atoms with Crippen molar-refractivity contribution in [3.05, 3.63) is 42.0 Å². The maximum absolute atomic E-state index is 13.3. The van der Waals surface area contributed by atoms with Gasteiger partial charge >= 0.3 is 5.97 Å². The Morgan fingerprint density at radius 1 is 1.37 bits per heavy atom. The lowest BCUT2D eigenvalue weighted by atomic mass is 10.1. The third-order valence-electron chi connectivity index (χ3n) is 2.95. The van der Waals surface area contributed by atoms with Crippen LogP contribution in [0.25, 0.3) is 21.8 Å². The number of esters is 1. The normalized spacial score (nSPS) is 11.1. The first kappa shape index (κ1) is 11.6. The molecule has 0 saturated carbocycles. The van der Waals surface area contributed by atoms with Crippen LogP contribution in [0.15, 0.2) is 30.5 Å². The molecule has 1 N–H and O–H groups in total. The molecule has 0 aliphatic carbocycles. The molecule has 0 radical (unpaired) electrons. The molecule has 1 aromatic carbocycles. The van der Waals surface area contributed by atoms with Crippen molar-refractivity contribution in [3.63, 3.8) is 0 Å². The van der Waals surface area contributed by atoms with Gasteiger partial charge in [-0.3, -0.25) is 0 Å². The number of carbonyl (C=O) groups excluding carboxylic acids is 1. The molecule has 0 unspecified atom stereocenters. The van der Waals surface area contributed by atoms with Gasteiger partial charge < -0.3 is 9.72 Å². The molecule has 0 aliphatic heterocycles. The number of nitrogens with zero attached hydrogens (tertiary/aromatic N) is 1. The minimum Gasteiger partial charge on any atom is -0.461 e. The predicted octanol–water partition coefficient (Wildman–Crippen LogP) is 3.03. The van der Waals surface area contributed by atoms with Crippen molar-refractivity contribution in [2.75, 3.05) is 6.61 Å². The van der Waals surface area contributed by atoms with Gasteiger partial charge in [0.05, 0.1) is 12.1 Å². The molecule has 4 nitrogen and oxygen atoms in total. The molecule has 3 aromatic rings. The lowest BCUT2D eigenvalue weighted by Crippen LogP contribution is -2.07. The van der Waals surface area contributed by atoms with Crippen LogP contribution in [0.2, 0.25) is 0 Å². The Hall–Kier alpha value is -2.43. The molecule has 2 aromatic heterocycles. The Morgan fingerprint density at radius 3 is 3.00 bits per heavy atom. The average Bonchev–Trinajstić information content (AvgIpc) is 2.77. The van der Waals surface area contributed by atoms with Crippen LogP contribution >= 0.6 is 0 Å². The van der Waals surface area contributed by atoms with E-state index in [-0.39, 0.29) is 18.1 Å². The molecule has 0 saturated heterocycles. The highest BCUT2D eigenvalue weighted by molar-refractivity contribution is 6.12. The summed E-state index contributed by atoms with van der Waals surface area (Å²) >= 11 is 0. The standard InChI is InChI=1S/C14H11FN2O2/c1-2-19-14(18)13-12-9(5-6-16-13)10-7-8(15)3-4-11(10)17-12/h3-7,17H,2H2,1H3. The van der Waals surface area contributed by atoms with Gasteiger partial charge in [0, 0.05) is 22.5 Å². The lowest BCUT2D eigenvalue weighted by Gasteiger charge is -2.01. The molecule has 0 amide bonds. The lowest BCUT2D eigenvalue weighted by molar-refractivity contribution is 0.0522. The number of H-pyrrole nitrogens is 1. The smallest absolute Gasteiger partial charge is 0.359 e. The van der Waals surface area contributed by atoms with Crippen LogP contribution < -0.4 is 0 Å². The van der Waals surface area contributed by atoms with Gasteiger partial charge in [0.2, 0.25) is 0 Å². The highest BCUT2D eigenvalue weighted by Crippen LogP contribution is 2.27. The molecule has 96 valence electrons. The van der Waals surface area contributed by atoms with E-state index in [1.807, 2.05) is 0 Å². The number of halogens is 1. The van der Waals surface area contributed by atoms with Gasteiger partial charge in [-0.2, -0.15) is 0 Å². The van der Waals surface area contributed by atoms with E-state index in [0.717, 1.165) is 16.3 Å². The predicted molar refractivity (Wildman–Crippen MR) is 69.5 cm³/mol. The molecule has 5 heteroatoms. The number of rotatable bonds is 2. The number of carbonyl (C=O) groups is 1. The van der Waals surface area contributed by atoms with Crippen molar-refractivity contribution in [1.82, 2.24) is 9.97 Å². The minimum atomic E-state index is -0.486. The molecular weight excluding hydrogens is 247 g/mol. The van der Waals surface area contributed by atoms with Gasteiger partial charge in [0.1, 0.15) is 5.82 Å². The molecule has 0 aliphatic rings. The molecule has 0 bridgehead atoms. The zero-order valence-electron chi connectivity index (χ0n) is 10.2. The summed E-state index contributed by atoms with van der Waals surface area (Å²) in [5.41, 5.74) is 1.55. The number of hydrogen-bond acceptors (Lipinski definition) is 3. The molecule has 3 rings (SSSR count).